The molecule has 1 aromatic carbocycles. The zero-order valence-electron chi connectivity index (χ0n) is 13.2. The third-order valence-corrected chi connectivity index (χ3v) is 4.46. The number of aromatic nitrogens is 2. The van der Waals surface area contributed by atoms with E-state index in [4.69, 9.17) is 5.11 Å². The number of piperazine rings is 1. The fourth-order valence-electron chi connectivity index (χ4n) is 3.21. The molecule has 128 valence electrons. The second kappa shape index (κ2) is 6.77. The molecule has 24 heavy (non-hydrogen) atoms. The predicted molar refractivity (Wildman–Crippen MR) is 87.1 cm³/mol. The van der Waals surface area contributed by atoms with E-state index >= 15 is 0 Å². The number of nitrogens with zero attached hydrogens (tertiary/aromatic N) is 4. The van der Waals surface area contributed by atoms with E-state index in [2.05, 4.69) is 5.10 Å². The van der Waals surface area contributed by atoms with Crippen molar-refractivity contribution in [3.63, 3.8) is 0 Å². The second-order valence-corrected chi connectivity index (χ2v) is 5.93. The van der Waals surface area contributed by atoms with E-state index < -0.39 is 12.2 Å². The fourth-order valence-corrected chi connectivity index (χ4v) is 3.21. The van der Waals surface area contributed by atoms with Crippen LogP contribution < -0.4 is 0 Å². The van der Waals surface area contributed by atoms with Gasteiger partial charge in [0, 0.05) is 31.6 Å². The van der Waals surface area contributed by atoms with E-state index in [-0.39, 0.29) is 25.7 Å². The minimum absolute atomic E-state index is 0.219. The van der Waals surface area contributed by atoms with Crippen LogP contribution in [0.2, 0.25) is 0 Å². The number of carbonyl (C=O) groups is 2. The highest BCUT2D eigenvalue weighted by molar-refractivity contribution is 5.78. The molecule has 2 aromatic rings. The largest absolute Gasteiger partial charge is 0.465 e. The van der Waals surface area contributed by atoms with Gasteiger partial charge in [-0.25, -0.2) is 9.59 Å². The molecule has 8 nitrogen and oxygen atoms in total. The van der Waals surface area contributed by atoms with Gasteiger partial charge in [0.1, 0.15) is 0 Å². The summed E-state index contributed by atoms with van der Waals surface area (Å²) < 4.78 is 1.90. The molecule has 0 spiro atoms. The van der Waals surface area contributed by atoms with Gasteiger partial charge in [0.2, 0.25) is 0 Å². The Hall–Kier alpha value is -2.77. The van der Waals surface area contributed by atoms with E-state index in [0.717, 1.165) is 17.3 Å². The lowest BCUT2D eigenvalue weighted by atomic mass is 10.1. The maximum atomic E-state index is 11.4. The molecule has 8 heteroatoms. The molecule has 1 aromatic heterocycles. The number of aryl methyl sites for hydroxylation is 1. The van der Waals surface area contributed by atoms with E-state index in [9.17, 15) is 14.7 Å². The normalized spacial score (nSPS) is 18.1. The molecule has 1 aliphatic rings. The van der Waals surface area contributed by atoms with Gasteiger partial charge < -0.3 is 20.0 Å². The molecular weight excluding hydrogens is 312 g/mol. The molecule has 0 radical (unpaired) electrons. The Morgan fingerprint density at radius 3 is 2.71 bits per heavy atom. The van der Waals surface area contributed by atoms with Crippen molar-refractivity contribution < 1.29 is 19.8 Å². The van der Waals surface area contributed by atoms with Crippen molar-refractivity contribution in [3.8, 4) is 0 Å². The third kappa shape index (κ3) is 3.27. The van der Waals surface area contributed by atoms with Gasteiger partial charge in [0.05, 0.1) is 17.8 Å². The van der Waals surface area contributed by atoms with Crippen LogP contribution in [0.5, 0.6) is 0 Å². The van der Waals surface area contributed by atoms with Crippen molar-refractivity contribution in [2.45, 2.75) is 25.4 Å². The number of hydrogen-bond donors (Lipinski definition) is 2. The van der Waals surface area contributed by atoms with Gasteiger partial charge in [-0.05, 0) is 18.9 Å². The predicted octanol–water partition coefficient (Wildman–Crippen LogP) is 2.16. The standard InChI is InChI=1S/C16H20N4O4/c21-15(22)18-8-9-19(16(23)24)13(11-18)5-3-7-20-14-6-2-1-4-12(14)10-17-20/h1-2,4,6,10,13H,3,5,7-9,11H2,(H,21,22)(H,23,24)/t13-/m1/s1. The van der Waals surface area contributed by atoms with Gasteiger partial charge in [-0.15, -0.1) is 0 Å². The maximum Gasteiger partial charge on any atom is 0.407 e. The highest BCUT2D eigenvalue weighted by Gasteiger charge is 2.31. The van der Waals surface area contributed by atoms with Gasteiger partial charge >= 0.3 is 12.2 Å². The van der Waals surface area contributed by atoms with Crippen molar-refractivity contribution in [1.82, 2.24) is 19.6 Å². The first-order valence-electron chi connectivity index (χ1n) is 7.94. The average Bonchev–Trinajstić information content (AvgIpc) is 2.98. The van der Waals surface area contributed by atoms with Crippen LogP contribution in [0, 0.1) is 0 Å². The molecule has 0 bridgehead atoms. The third-order valence-electron chi connectivity index (χ3n) is 4.46. The molecular formula is C16H20N4O4. The molecule has 2 heterocycles. The van der Waals surface area contributed by atoms with Crippen molar-refractivity contribution in [2.24, 2.45) is 0 Å². The van der Waals surface area contributed by atoms with Crippen molar-refractivity contribution >= 4 is 23.1 Å². The molecule has 1 atom stereocenters. The molecule has 0 saturated carbocycles. The van der Waals surface area contributed by atoms with Gasteiger partial charge in [0.15, 0.2) is 0 Å². The number of para-hydroxylation sites is 1. The van der Waals surface area contributed by atoms with Crippen LogP contribution in [0.15, 0.2) is 30.5 Å². The average molecular weight is 332 g/mol. The highest BCUT2D eigenvalue weighted by atomic mass is 16.4. The molecule has 0 aliphatic carbocycles. The smallest absolute Gasteiger partial charge is 0.407 e. The molecule has 0 unspecified atom stereocenters. The molecule has 2 N–H and O–H groups in total. The van der Waals surface area contributed by atoms with Gasteiger partial charge in [-0.2, -0.15) is 5.10 Å². The van der Waals surface area contributed by atoms with Gasteiger partial charge in [-0.1, -0.05) is 18.2 Å². The summed E-state index contributed by atoms with van der Waals surface area (Å²) in [7, 11) is 0. The van der Waals surface area contributed by atoms with E-state index in [0.29, 0.717) is 13.0 Å². The van der Waals surface area contributed by atoms with Crippen molar-refractivity contribution in [2.75, 3.05) is 19.6 Å². The summed E-state index contributed by atoms with van der Waals surface area (Å²) in [5.74, 6) is 0. The van der Waals surface area contributed by atoms with Crippen LogP contribution in [0.25, 0.3) is 10.9 Å². The zero-order valence-corrected chi connectivity index (χ0v) is 13.2. The maximum absolute atomic E-state index is 11.4. The molecule has 1 fully saturated rings. The highest BCUT2D eigenvalue weighted by Crippen LogP contribution is 2.17. The Morgan fingerprint density at radius 2 is 1.96 bits per heavy atom. The summed E-state index contributed by atoms with van der Waals surface area (Å²) in [6, 6.07) is 7.60. The lowest BCUT2D eigenvalue weighted by Crippen LogP contribution is -2.56. The first kappa shape index (κ1) is 16.1. The van der Waals surface area contributed by atoms with Crippen LogP contribution in [-0.2, 0) is 6.54 Å². The Kier molecular flexibility index (Phi) is 4.54. The number of rotatable bonds is 4. The van der Waals surface area contributed by atoms with Crippen LogP contribution in [0.4, 0.5) is 9.59 Å². The Balaban J connectivity index is 1.62. The Labute approximate surface area is 138 Å². The fraction of sp³-hybridized carbons (Fsp3) is 0.438. The number of hydrogen-bond acceptors (Lipinski definition) is 3. The van der Waals surface area contributed by atoms with E-state index in [1.54, 1.807) is 0 Å². The minimum atomic E-state index is -0.997. The van der Waals surface area contributed by atoms with Crippen molar-refractivity contribution in [1.29, 1.82) is 0 Å². The Morgan fingerprint density at radius 1 is 1.17 bits per heavy atom. The monoisotopic (exact) mass is 332 g/mol. The van der Waals surface area contributed by atoms with Crippen LogP contribution >= 0.6 is 0 Å². The van der Waals surface area contributed by atoms with E-state index in [1.165, 1.54) is 9.80 Å². The summed E-state index contributed by atoms with van der Waals surface area (Å²) in [4.78, 5) is 25.1. The zero-order chi connectivity index (χ0) is 17.1. The van der Waals surface area contributed by atoms with Gasteiger partial charge in [0.25, 0.3) is 0 Å². The summed E-state index contributed by atoms with van der Waals surface area (Å²) in [6.45, 7) is 1.34. The number of benzene rings is 1. The first-order chi connectivity index (χ1) is 11.6. The van der Waals surface area contributed by atoms with Crippen LogP contribution in [0.1, 0.15) is 12.8 Å². The molecule has 2 amide bonds. The second-order valence-electron chi connectivity index (χ2n) is 5.93. The molecule has 1 aliphatic heterocycles. The Bertz CT molecular complexity index is 745. The lowest BCUT2D eigenvalue weighted by Gasteiger charge is -2.38. The number of fused-ring (bicyclic) bond motifs is 1. The quantitative estimate of drug-likeness (QED) is 0.894. The molecule has 3 rings (SSSR count). The summed E-state index contributed by atoms with van der Waals surface area (Å²) in [5.41, 5.74) is 1.04. The van der Waals surface area contributed by atoms with Crippen molar-refractivity contribution in [3.05, 3.63) is 30.5 Å². The first-order valence-corrected chi connectivity index (χ1v) is 7.94. The SMILES string of the molecule is O=C(O)N1CCN(C(=O)O)[C@H](CCCn2ncc3ccccc32)C1. The number of carboxylic acid groups (broad SMARTS) is 2. The molecule has 1 saturated heterocycles. The summed E-state index contributed by atoms with van der Waals surface area (Å²) >= 11 is 0. The lowest BCUT2D eigenvalue weighted by molar-refractivity contribution is 0.0600. The summed E-state index contributed by atoms with van der Waals surface area (Å²) in [5, 5.41) is 23.8. The van der Waals surface area contributed by atoms with Crippen LogP contribution in [0.3, 0.4) is 0 Å². The number of amides is 2. The van der Waals surface area contributed by atoms with Crippen LogP contribution in [-0.4, -0.2) is 67.7 Å². The summed E-state index contributed by atoms with van der Waals surface area (Å²) in [6.07, 6.45) is 1.15. The topological polar surface area (TPSA) is 98.9 Å². The minimum Gasteiger partial charge on any atom is -0.465 e. The van der Waals surface area contributed by atoms with Gasteiger partial charge in [-0.3, -0.25) is 4.68 Å². The van der Waals surface area contributed by atoms with E-state index in [1.807, 2.05) is 35.1 Å².